The molecule has 2 aromatic rings. The van der Waals surface area contributed by atoms with Crippen molar-refractivity contribution in [1.82, 2.24) is 0 Å². The molecule has 154 valence electrons. The summed E-state index contributed by atoms with van der Waals surface area (Å²) in [7, 11) is 0. The maximum absolute atomic E-state index is 12.2. The van der Waals surface area contributed by atoms with Gasteiger partial charge in [-0.05, 0) is 37.1 Å². The fourth-order valence-corrected chi connectivity index (χ4v) is 3.56. The third kappa shape index (κ3) is 5.26. The number of thiophene rings is 1. The van der Waals surface area contributed by atoms with Crippen LogP contribution < -0.4 is 14.8 Å². The quantitative estimate of drug-likeness (QED) is 0.398. The van der Waals surface area contributed by atoms with Gasteiger partial charge >= 0.3 is 5.97 Å². The minimum absolute atomic E-state index is 0.196. The van der Waals surface area contributed by atoms with Gasteiger partial charge in [0.05, 0.1) is 18.4 Å². The normalized spacial score (nSPS) is 12.4. The summed E-state index contributed by atoms with van der Waals surface area (Å²) in [6.07, 6.45) is 1.47. The number of oxime groups is 1. The molecule has 9 heteroatoms. The zero-order valence-electron chi connectivity index (χ0n) is 16.4. The summed E-state index contributed by atoms with van der Waals surface area (Å²) in [5.41, 5.74) is 1.09. The molecule has 0 saturated heterocycles. The molecule has 0 radical (unpaired) electrons. The first-order valence-corrected chi connectivity index (χ1v) is 9.95. The highest BCUT2D eigenvalue weighted by Gasteiger charge is 2.20. The van der Waals surface area contributed by atoms with Crippen LogP contribution in [0, 0.1) is 0 Å². The van der Waals surface area contributed by atoms with Gasteiger partial charge in [-0.25, -0.2) is 4.79 Å². The number of rotatable bonds is 8. The molecule has 1 amide bonds. The molecule has 1 aromatic heterocycles. The van der Waals surface area contributed by atoms with E-state index in [9.17, 15) is 9.59 Å². The summed E-state index contributed by atoms with van der Waals surface area (Å²) in [5, 5.41) is 6.94. The van der Waals surface area contributed by atoms with Crippen molar-refractivity contribution < 1.29 is 28.6 Å². The molecule has 0 atom stereocenters. The van der Waals surface area contributed by atoms with Gasteiger partial charge in [0, 0.05) is 10.4 Å². The number of fused-ring (bicyclic) bond motifs is 1. The molecule has 0 saturated carbocycles. The summed E-state index contributed by atoms with van der Waals surface area (Å²) < 4.78 is 15.6. The number of hydrogen-bond acceptors (Lipinski definition) is 8. The number of carbonyl (C=O) groups is 2. The van der Waals surface area contributed by atoms with Crippen molar-refractivity contribution in [3.05, 3.63) is 40.3 Å². The predicted molar refractivity (Wildman–Crippen MR) is 109 cm³/mol. The Kier molecular flexibility index (Phi) is 6.71. The van der Waals surface area contributed by atoms with Gasteiger partial charge in [0.15, 0.2) is 18.1 Å². The summed E-state index contributed by atoms with van der Waals surface area (Å²) >= 11 is 1.35. The molecule has 1 aromatic carbocycles. The Morgan fingerprint density at radius 2 is 2.07 bits per heavy atom. The summed E-state index contributed by atoms with van der Waals surface area (Å²) in [6.45, 7) is 5.93. The Bertz CT molecular complexity index is 922. The van der Waals surface area contributed by atoms with E-state index in [1.165, 1.54) is 17.6 Å². The fraction of sp³-hybridized carbons (Fsp3) is 0.350. The first-order valence-electron chi connectivity index (χ1n) is 9.13. The van der Waals surface area contributed by atoms with Crippen molar-refractivity contribution in [1.29, 1.82) is 0 Å². The van der Waals surface area contributed by atoms with Gasteiger partial charge in [-0.1, -0.05) is 19.0 Å². The van der Waals surface area contributed by atoms with Gasteiger partial charge in [-0.2, -0.15) is 0 Å². The molecule has 2 heterocycles. The molecule has 1 aliphatic heterocycles. The second-order valence-corrected chi connectivity index (χ2v) is 7.52. The first kappa shape index (κ1) is 20.7. The Labute approximate surface area is 172 Å². The lowest BCUT2D eigenvalue weighted by Gasteiger charge is -2.05. The van der Waals surface area contributed by atoms with E-state index in [4.69, 9.17) is 19.0 Å². The van der Waals surface area contributed by atoms with Crippen LogP contribution >= 0.6 is 11.3 Å². The second-order valence-electron chi connectivity index (χ2n) is 6.44. The van der Waals surface area contributed by atoms with Gasteiger partial charge in [-0.15, -0.1) is 11.3 Å². The molecule has 1 N–H and O–H groups in total. The van der Waals surface area contributed by atoms with Crippen LogP contribution in [0.4, 0.5) is 5.00 Å². The van der Waals surface area contributed by atoms with Gasteiger partial charge in [0.2, 0.25) is 6.79 Å². The van der Waals surface area contributed by atoms with E-state index < -0.39 is 11.9 Å². The molecule has 8 nitrogen and oxygen atoms in total. The lowest BCUT2D eigenvalue weighted by Crippen LogP contribution is -2.18. The van der Waals surface area contributed by atoms with E-state index in [1.54, 1.807) is 31.2 Å². The third-order valence-electron chi connectivity index (χ3n) is 3.94. The van der Waals surface area contributed by atoms with Gasteiger partial charge < -0.3 is 24.4 Å². The average molecular weight is 418 g/mol. The highest BCUT2D eigenvalue weighted by Crippen LogP contribution is 2.33. The van der Waals surface area contributed by atoms with Crippen molar-refractivity contribution in [2.75, 3.05) is 25.3 Å². The molecule has 0 fully saturated rings. The van der Waals surface area contributed by atoms with Gasteiger partial charge in [0.1, 0.15) is 5.00 Å². The number of carbonyl (C=O) groups excluding carboxylic acids is 2. The minimum Gasteiger partial charge on any atom is -0.462 e. The molecule has 0 aliphatic carbocycles. The summed E-state index contributed by atoms with van der Waals surface area (Å²) in [4.78, 5) is 30.4. The van der Waals surface area contributed by atoms with E-state index in [-0.39, 0.29) is 25.9 Å². The van der Waals surface area contributed by atoms with Crippen molar-refractivity contribution >= 4 is 34.4 Å². The van der Waals surface area contributed by atoms with E-state index in [0.717, 1.165) is 10.4 Å². The molecule has 0 bridgehead atoms. The van der Waals surface area contributed by atoms with Crippen molar-refractivity contribution in [3.63, 3.8) is 0 Å². The maximum atomic E-state index is 12.2. The molecule has 1 aliphatic rings. The number of ether oxygens (including phenoxy) is 3. The molecule has 3 rings (SSSR count). The highest BCUT2D eigenvalue weighted by molar-refractivity contribution is 7.16. The van der Waals surface area contributed by atoms with E-state index in [1.807, 2.05) is 13.8 Å². The number of nitrogens with one attached hydrogen (secondary N) is 1. The summed E-state index contributed by atoms with van der Waals surface area (Å²) in [5.74, 6) is 0.651. The zero-order valence-corrected chi connectivity index (χ0v) is 17.2. The Morgan fingerprint density at radius 3 is 2.83 bits per heavy atom. The Morgan fingerprint density at radius 1 is 1.28 bits per heavy atom. The lowest BCUT2D eigenvalue weighted by atomic mass is 10.1. The van der Waals surface area contributed by atoms with Gasteiger partial charge in [-0.3, -0.25) is 4.79 Å². The SMILES string of the molecule is CCOC(=O)c1cc(C(C)C)sc1NC(=O)CO/N=C/c1ccc2c(c1)OCO2. The molecular weight excluding hydrogens is 396 g/mol. The number of anilines is 1. The zero-order chi connectivity index (χ0) is 20.8. The Hall–Kier alpha value is -3.07. The summed E-state index contributed by atoms with van der Waals surface area (Å²) in [6, 6.07) is 7.09. The molecular formula is C20H22N2O6S. The topological polar surface area (TPSA) is 95.5 Å². The van der Waals surface area contributed by atoms with Crippen LogP contribution in [0.3, 0.4) is 0 Å². The Balaban J connectivity index is 1.57. The largest absolute Gasteiger partial charge is 0.462 e. The second kappa shape index (κ2) is 9.42. The van der Waals surface area contributed by atoms with Crippen LogP contribution in [-0.4, -0.2) is 38.1 Å². The van der Waals surface area contributed by atoms with Crippen LogP contribution in [-0.2, 0) is 14.4 Å². The number of esters is 1. The lowest BCUT2D eigenvalue weighted by molar-refractivity contribution is -0.120. The van der Waals surface area contributed by atoms with E-state index in [2.05, 4.69) is 10.5 Å². The van der Waals surface area contributed by atoms with Crippen LogP contribution in [0.1, 0.15) is 47.5 Å². The van der Waals surface area contributed by atoms with Crippen LogP contribution in [0.15, 0.2) is 29.4 Å². The van der Waals surface area contributed by atoms with E-state index in [0.29, 0.717) is 22.1 Å². The minimum atomic E-state index is -0.465. The number of benzene rings is 1. The molecule has 0 spiro atoms. The van der Waals surface area contributed by atoms with Crippen LogP contribution in [0.5, 0.6) is 11.5 Å². The standard InChI is InChI=1S/C20H22N2O6S/c1-4-25-20(24)14-8-17(12(2)3)29-19(14)22-18(23)10-28-21-9-13-5-6-15-16(7-13)27-11-26-15/h5-9,12H,4,10-11H2,1-3H3,(H,22,23)/b21-9+. The van der Waals surface area contributed by atoms with Gasteiger partial charge in [0.25, 0.3) is 5.91 Å². The predicted octanol–water partition coefficient (Wildman–Crippen LogP) is 3.77. The van der Waals surface area contributed by atoms with Crippen LogP contribution in [0.25, 0.3) is 0 Å². The highest BCUT2D eigenvalue weighted by atomic mass is 32.1. The van der Waals surface area contributed by atoms with Crippen LogP contribution in [0.2, 0.25) is 0 Å². The first-order chi connectivity index (χ1) is 14.0. The molecule has 0 unspecified atom stereocenters. The monoisotopic (exact) mass is 418 g/mol. The number of nitrogens with zero attached hydrogens (tertiary/aromatic N) is 1. The number of amides is 1. The van der Waals surface area contributed by atoms with Crippen molar-refractivity contribution in [2.45, 2.75) is 26.7 Å². The molecule has 29 heavy (non-hydrogen) atoms. The fourth-order valence-electron chi connectivity index (χ4n) is 2.50. The van der Waals surface area contributed by atoms with Crippen molar-refractivity contribution in [2.24, 2.45) is 5.16 Å². The smallest absolute Gasteiger partial charge is 0.341 e. The third-order valence-corrected chi connectivity index (χ3v) is 5.29. The van der Waals surface area contributed by atoms with E-state index >= 15 is 0 Å². The maximum Gasteiger partial charge on any atom is 0.341 e. The average Bonchev–Trinajstić information content (AvgIpc) is 3.32. The number of hydrogen-bond donors (Lipinski definition) is 1. The van der Waals surface area contributed by atoms with Crippen molar-refractivity contribution in [3.8, 4) is 11.5 Å².